The van der Waals surface area contributed by atoms with Crippen molar-refractivity contribution in [1.29, 1.82) is 0 Å². The van der Waals surface area contributed by atoms with Gasteiger partial charge in [0.1, 0.15) is 5.82 Å². The van der Waals surface area contributed by atoms with E-state index in [9.17, 15) is 4.39 Å². The van der Waals surface area contributed by atoms with Crippen molar-refractivity contribution in [1.82, 2.24) is 10.3 Å². The average Bonchev–Trinajstić information content (AvgIpc) is 3.36. The first-order valence-corrected chi connectivity index (χ1v) is 11.7. The van der Waals surface area contributed by atoms with Gasteiger partial charge < -0.3 is 31.2 Å². The second-order valence-corrected chi connectivity index (χ2v) is 8.64. The molecule has 4 rings (SSSR count). The summed E-state index contributed by atoms with van der Waals surface area (Å²) < 4.78 is 14.2. The normalized spacial score (nSPS) is 15.7. The van der Waals surface area contributed by atoms with Crippen LogP contribution in [0.15, 0.2) is 42.5 Å². The zero-order valence-corrected chi connectivity index (χ0v) is 20.8. The lowest BCUT2D eigenvalue weighted by atomic mass is 10.1. The maximum absolute atomic E-state index is 14.2. The third-order valence-corrected chi connectivity index (χ3v) is 5.88. The summed E-state index contributed by atoms with van der Waals surface area (Å²) in [5.41, 5.74) is 11.0. The largest absolute Gasteiger partial charge is 0.388 e. The van der Waals surface area contributed by atoms with Crippen molar-refractivity contribution in [3.05, 3.63) is 53.8 Å². The van der Waals surface area contributed by atoms with Crippen LogP contribution in [0.5, 0.6) is 0 Å². The number of hydrogen-bond acceptors (Lipinski definition) is 6. The van der Waals surface area contributed by atoms with Gasteiger partial charge in [-0.3, -0.25) is 0 Å². The number of benzene rings is 2. The van der Waals surface area contributed by atoms with Gasteiger partial charge in [-0.25, -0.2) is 10.2 Å². The van der Waals surface area contributed by atoms with Crippen LogP contribution in [-0.4, -0.2) is 63.4 Å². The standard InChI is InChI=1S/C16H24FN3.C7H9N.CH5N3S/c1-13-11-14(17)16(19-5-3-4-6-19)12-15(13)20-9-7-18(2)8-10-20;1-8-7-5-3-2-4-6-7;2-1(5)4-3/h11-12H,3-10H2,1-2H3;2-6,8H,1H3;3H2,(H3,2,4,5). The molecule has 6 N–H and O–H groups in total. The lowest BCUT2D eigenvalue weighted by Crippen LogP contribution is -2.44. The first kappa shape index (κ1) is 26.6. The van der Waals surface area contributed by atoms with Crippen molar-refractivity contribution in [3.63, 3.8) is 0 Å². The molecule has 0 amide bonds. The Labute approximate surface area is 202 Å². The smallest absolute Gasteiger partial charge is 0.177 e. The van der Waals surface area contributed by atoms with Crippen molar-refractivity contribution < 1.29 is 4.39 Å². The van der Waals surface area contributed by atoms with E-state index in [1.54, 1.807) is 6.07 Å². The molecule has 0 spiro atoms. The molecule has 0 bridgehead atoms. The minimum Gasteiger partial charge on any atom is -0.388 e. The van der Waals surface area contributed by atoms with Gasteiger partial charge >= 0.3 is 0 Å². The molecule has 2 heterocycles. The number of rotatable bonds is 3. The topological polar surface area (TPSA) is 85.8 Å². The number of hydrazine groups is 1. The first-order valence-electron chi connectivity index (χ1n) is 11.3. The molecule has 182 valence electrons. The van der Waals surface area contributed by atoms with E-state index in [2.05, 4.69) is 51.2 Å². The van der Waals surface area contributed by atoms with E-state index in [4.69, 9.17) is 5.73 Å². The molecule has 0 aromatic heterocycles. The second-order valence-electron chi connectivity index (χ2n) is 8.20. The average molecular weight is 476 g/mol. The van der Waals surface area contributed by atoms with E-state index in [1.165, 1.54) is 18.5 Å². The number of anilines is 3. The maximum Gasteiger partial charge on any atom is 0.177 e. The molecular weight excluding hydrogens is 437 g/mol. The van der Waals surface area contributed by atoms with E-state index < -0.39 is 0 Å². The second kappa shape index (κ2) is 13.8. The SMILES string of the molecule is CNc1ccccc1.Cc1cc(F)c(N2CCCC2)cc1N1CCN(C)CC1.NNC(N)=S. The number of halogens is 1. The maximum atomic E-state index is 14.2. The molecular formula is C24H38FN7S. The third-order valence-electron chi connectivity index (χ3n) is 5.76. The summed E-state index contributed by atoms with van der Waals surface area (Å²) in [7, 11) is 4.07. The van der Waals surface area contributed by atoms with Crippen LogP contribution in [-0.2, 0) is 0 Å². The summed E-state index contributed by atoms with van der Waals surface area (Å²) in [6.07, 6.45) is 2.36. The molecule has 0 radical (unpaired) electrons. The van der Waals surface area contributed by atoms with Crippen molar-refractivity contribution in [2.24, 2.45) is 11.6 Å². The number of thiocarbonyl (C=S) groups is 1. The molecule has 7 nitrogen and oxygen atoms in total. The van der Waals surface area contributed by atoms with E-state index >= 15 is 0 Å². The predicted octanol–water partition coefficient (Wildman–Crippen LogP) is 2.91. The number of piperazine rings is 1. The van der Waals surface area contributed by atoms with Crippen LogP contribution in [0.3, 0.4) is 0 Å². The van der Waals surface area contributed by atoms with Gasteiger partial charge in [-0.15, -0.1) is 0 Å². The fourth-order valence-electron chi connectivity index (χ4n) is 3.84. The van der Waals surface area contributed by atoms with Gasteiger partial charge in [0.25, 0.3) is 0 Å². The highest BCUT2D eigenvalue weighted by Gasteiger charge is 2.21. The van der Waals surface area contributed by atoms with Crippen LogP contribution < -0.4 is 32.1 Å². The summed E-state index contributed by atoms with van der Waals surface area (Å²) in [4.78, 5) is 6.93. The number of aryl methyl sites for hydroxylation is 1. The van der Waals surface area contributed by atoms with Crippen LogP contribution in [0.4, 0.5) is 21.5 Å². The minimum atomic E-state index is -0.0673. The lowest BCUT2D eigenvalue weighted by molar-refractivity contribution is 0.312. The van der Waals surface area contributed by atoms with Crippen LogP contribution in [0.2, 0.25) is 0 Å². The highest BCUT2D eigenvalue weighted by Crippen LogP contribution is 2.31. The van der Waals surface area contributed by atoms with Crippen molar-refractivity contribution in [2.75, 3.05) is 68.5 Å². The highest BCUT2D eigenvalue weighted by molar-refractivity contribution is 7.80. The van der Waals surface area contributed by atoms with Crippen LogP contribution in [0, 0.1) is 12.7 Å². The van der Waals surface area contributed by atoms with Gasteiger partial charge in [-0.1, -0.05) is 18.2 Å². The first-order chi connectivity index (χ1) is 15.8. The Kier molecular flexibility index (Phi) is 11.2. The molecule has 2 saturated heterocycles. The van der Waals surface area contributed by atoms with Crippen molar-refractivity contribution in [2.45, 2.75) is 19.8 Å². The summed E-state index contributed by atoms with van der Waals surface area (Å²) in [5.74, 6) is 4.59. The fourth-order valence-corrected chi connectivity index (χ4v) is 3.84. The van der Waals surface area contributed by atoms with Crippen LogP contribution >= 0.6 is 12.2 Å². The summed E-state index contributed by atoms with van der Waals surface area (Å²) in [6, 6.07) is 13.8. The summed E-state index contributed by atoms with van der Waals surface area (Å²) in [5, 5.41) is 3.14. The minimum absolute atomic E-state index is 0.0673. The van der Waals surface area contributed by atoms with Gasteiger partial charge in [0, 0.05) is 57.7 Å². The monoisotopic (exact) mass is 475 g/mol. The zero-order valence-electron chi connectivity index (χ0n) is 20.0. The lowest BCUT2D eigenvalue weighted by Gasteiger charge is -2.35. The summed E-state index contributed by atoms with van der Waals surface area (Å²) in [6.45, 7) is 8.21. The highest BCUT2D eigenvalue weighted by atomic mass is 32.1. The molecule has 9 heteroatoms. The Morgan fingerprint density at radius 1 is 0.939 bits per heavy atom. The molecule has 33 heavy (non-hydrogen) atoms. The molecule has 0 unspecified atom stereocenters. The Hall–Kier alpha value is -2.62. The molecule has 2 aliphatic rings. The number of nitrogens with zero attached hydrogens (tertiary/aromatic N) is 3. The number of para-hydroxylation sites is 1. The van der Waals surface area contributed by atoms with Crippen LogP contribution in [0.25, 0.3) is 0 Å². The Morgan fingerprint density at radius 3 is 1.97 bits per heavy atom. The van der Waals surface area contributed by atoms with Crippen molar-refractivity contribution >= 4 is 34.4 Å². The van der Waals surface area contributed by atoms with Gasteiger partial charge in [-0.2, -0.15) is 0 Å². The zero-order chi connectivity index (χ0) is 24.2. The molecule has 2 aromatic rings. The van der Waals surface area contributed by atoms with E-state index in [0.717, 1.165) is 56.2 Å². The molecule has 2 aromatic carbocycles. The quantitative estimate of drug-likeness (QED) is 0.306. The Bertz CT molecular complexity index is 851. The predicted molar refractivity (Wildman–Crippen MR) is 142 cm³/mol. The van der Waals surface area contributed by atoms with E-state index in [-0.39, 0.29) is 10.9 Å². The number of nitrogens with two attached hydrogens (primary N) is 2. The van der Waals surface area contributed by atoms with E-state index in [1.807, 2.05) is 49.7 Å². The molecule has 0 saturated carbocycles. The van der Waals surface area contributed by atoms with Crippen molar-refractivity contribution in [3.8, 4) is 0 Å². The summed E-state index contributed by atoms with van der Waals surface area (Å²) >= 11 is 4.24. The van der Waals surface area contributed by atoms with E-state index in [0.29, 0.717) is 0 Å². The van der Waals surface area contributed by atoms with Gasteiger partial charge in [0.05, 0.1) is 5.69 Å². The van der Waals surface area contributed by atoms with Gasteiger partial charge in [0.2, 0.25) is 0 Å². The number of nitrogens with one attached hydrogen (secondary N) is 2. The molecule has 2 aliphatic heterocycles. The molecule has 0 aliphatic carbocycles. The number of hydrogen-bond donors (Lipinski definition) is 4. The molecule has 0 atom stereocenters. The fraction of sp³-hybridized carbons (Fsp3) is 0.458. The van der Waals surface area contributed by atoms with Gasteiger partial charge in [0.15, 0.2) is 5.11 Å². The Morgan fingerprint density at radius 2 is 1.48 bits per heavy atom. The number of likely N-dealkylation sites (N-methyl/N-ethyl adjacent to an activating group) is 1. The Balaban J connectivity index is 0.000000244. The van der Waals surface area contributed by atoms with Gasteiger partial charge in [-0.05, 0) is 68.9 Å². The molecule has 2 fully saturated rings. The van der Waals surface area contributed by atoms with Crippen LogP contribution in [0.1, 0.15) is 18.4 Å². The third kappa shape index (κ3) is 8.68.